The first kappa shape index (κ1) is 13.9. The second-order valence-corrected chi connectivity index (χ2v) is 5.34. The Hall–Kier alpha value is -1.48. The topological polar surface area (TPSA) is 26.2 Å². The van der Waals surface area contributed by atoms with Gasteiger partial charge in [-0.05, 0) is 31.5 Å². The lowest BCUT2D eigenvalue weighted by Crippen LogP contribution is -2.25. The maximum absolute atomic E-state index is 5.48. The first-order valence-corrected chi connectivity index (χ1v) is 6.90. The molecule has 0 aliphatic heterocycles. The monoisotopic (exact) mass is 260 g/mol. The number of fused-ring (bicyclic) bond motifs is 1. The number of ether oxygens (including phenoxy) is 1. The minimum atomic E-state index is 0.532. The highest BCUT2D eigenvalue weighted by Gasteiger charge is 2.14. The molecule has 1 aromatic heterocycles. The largest absolute Gasteiger partial charge is 0.495 e. The third-order valence-electron chi connectivity index (χ3n) is 3.75. The molecule has 1 heterocycles. The smallest absolute Gasteiger partial charge is 0.143 e. The molecule has 0 aliphatic carbocycles. The third-order valence-corrected chi connectivity index (χ3v) is 3.75. The molecule has 0 fully saturated rings. The molecule has 0 bridgehead atoms. The molecule has 0 amide bonds. The van der Waals surface area contributed by atoms with Gasteiger partial charge < -0.3 is 14.6 Å². The van der Waals surface area contributed by atoms with Crippen LogP contribution in [0.3, 0.4) is 0 Å². The normalized spacial score (nSPS) is 11.5. The maximum Gasteiger partial charge on any atom is 0.143 e. The van der Waals surface area contributed by atoms with Gasteiger partial charge in [0.2, 0.25) is 0 Å². The van der Waals surface area contributed by atoms with Gasteiger partial charge in [0.25, 0.3) is 0 Å². The summed E-state index contributed by atoms with van der Waals surface area (Å²) in [7, 11) is 3.84. The lowest BCUT2D eigenvalue weighted by Gasteiger charge is -2.08. The number of aromatic nitrogens is 1. The van der Waals surface area contributed by atoms with E-state index >= 15 is 0 Å². The van der Waals surface area contributed by atoms with Crippen molar-refractivity contribution in [3.8, 4) is 5.75 Å². The summed E-state index contributed by atoms with van der Waals surface area (Å²) < 4.78 is 7.72. The van der Waals surface area contributed by atoms with Crippen LogP contribution >= 0.6 is 0 Å². The Morgan fingerprint density at radius 3 is 2.68 bits per heavy atom. The number of methoxy groups -OCH3 is 1. The number of hydrogen-bond donors (Lipinski definition) is 1. The average molecular weight is 260 g/mol. The zero-order valence-electron chi connectivity index (χ0n) is 12.6. The van der Waals surface area contributed by atoms with Crippen LogP contribution in [0.15, 0.2) is 18.2 Å². The minimum absolute atomic E-state index is 0.532. The number of aryl methyl sites for hydroxylation is 1. The van der Waals surface area contributed by atoms with Gasteiger partial charge in [0.05, 0.1) is 12.6 Å². The van der Waals surface area contributed by atoms with Crippen LogP contribution in [0.25, 0.3) is 10.9 Å². The van der Waals surface area contributed by atoms with E-state index in [4.69, 9.17) is 4.74 Å². The standard InChI is InChI=1S/C16H24N2O/c1-11(2)17-10-9-13-12(3)18(4)16-14(13)7-6-8-15(16)19-5/h6-8,11,17H,9-10H2,1-5H3. The van der Waals surface area contributed by atoms with E-state index in [1.165, 1.54) is 22.2 Å². The van der Waals surface area contributed by atoms with E-state index in [0.29, 0.717) is 6.04 Å². The Kier molecular flexibility index (Phi) is 4.15. The van der Waals surface area contributed by atoms with Crippen LogP contribution in [0.5, 0.6) is 5.75 Å². The average Bonchev–Trinajstić information content (AvgIpc) is 2.63. The molecule has 0 spiro atoms. The fraction of sp³-hybridized carbons (Fsp3) is 0.500. The molecule has 2 aromatic rings. The number of benzene rings is 1. The molecule has 19 heavy (non-hydrogen) atoms. The number of rotatable bonds is 5. The molecule has 0 radical (unpaired) electrons. The summed E-state index contributed by atoms with van der Waals surface area (Å²) >= 11 is 0. The van der Waals surface area contributed by atoms with E-state index < -0.39 is 0 Å². The lowest BCUT2D eigenvalue weighted by atomic mass is 10.1. The first-order valence-electron chi connectivity index (χ1n) is 6.90. The summed E-state index contributed by atoms with van der Waals surface area (Å²) in [6, 6.07) is 6.82. The Bertz CT molecular complexity index is 570. The maximum atomic E-state index is 5.48. The molecule has 0 saturated heterocycles. The molecule has 0 aliphatic rings. The van der Waals surface area contributed by atoms with Crippen molar-refractivity contribution >= 4 is 10.9 Å². The van der Waals surface area contributed by atoms with Crippen LogP contribution in [-0.2, 0) is 13.5 Å². The van der Waals surface area contributed by atoms with Gasteiger partial charge >= 0.3 is 0 Å². The van der Waals surface area contributed by atoms with Gasteiger partial charge in [-0.3, -0.25) is 0 Å². The first-order chi connectivity index (χ1) is 9.06. The SMILES string of the molecule is COc1cccc2c(CCNC(C)C)c(C)n(C)c12. The molecule has 104 valence electrons. The minimum Gasteiger partial charge on any atom is -0.495 e. The summed E-state index contributed by atoms with van der Waals surface area (Å²) in [4.78, 5) is 0. The van der Waals surface area contributed by atoms with E-state index in [1.54, 1.807) is 7.11 Å². The molecule has 0 unspecified atom stereocenters. The summed E-state index contributed by atoms with van der Waals surface area (Å²) in [6.07, 6.45) is 1.05. The highest BCUT2D eigenvalue weighted by atomic mass is 16.5. The fourth-order valence-corrected chi connectivity index (χ4v) is 2.64. The van der Waals surface area contributed by atoms with Crippen molar-refractivity contribution in [1.29, 1.82) is 0 Å². The summed E-state index contributed by atoms with van der Waals surface area (Å²) in [5.74, 6) is 0.950. The highest BCUT2D eigenvalue weighted by Crippen LogP contribution is 2.31. The Balaban J connectivity index is 2.41. The van der Waals surface area contributed by atoms with Crippen molar-refractivity contribution in [1.82, 2.24) is 9.88 Å². The quantitative estimate of drug-likeness (QED) is 0.894. The van der Waals surface area contributed by atoms with Gasteiger partial charge in [-0.25, -0.2) is 0 Å². The second kappa shape index (κ2) is 5.66. The van der Waals surface area contributed by atoms with E-state index in [-0.39, 0.29) is 0 Å². The van der Waals surface area contributed by atoms with Crippen molar-refractivity contribution in [2.75, 3.05) is 13.7 Å². The van der Waals surface area contributed by atoms with Crippen LogP contribution in [0.2, 0.25) is 0 Å². The van der Waals surface area contributed by atoms with Gasteiger partial charge in [0.15, 0.2) is 0 Å². The predicted octanol–water partition coefficient (Wildman–Crippen LogP) is 3.04. The summed E-state index contributed by atoms with van der Waals surface area (Å²) in [6.45, 7) is 7.55. The van der Waals surface area contributed by atoms with Crippen molar-refractivity contribution in [3.63, 3.8) is 0 Å². The van der Waals surface area contributed by atoms with Crippen LogP contribution in [0.4, 0.5) is 0 Å². The molecule has 2 rings (SSSR count). The van der Waals surface area contributed by atoms with E-state index in [2.05, 4.69) is 49.8 Å². The van der Waals surface area contributed by atoms with Crippen molar-refractivity contribution < 1.29 is 4.74 Å². The third kappa shape index (κ3) is 2.61. The van der Waals surface area contributed by atoms with Gasteiger partial charge in [-0.1, -0.05) is 26.0 Å². The van der Waals surface area contributed by atoms with E-state index in [9.17, 15) is 0 Å². The summed E-state index contributed by atoms with van der Waals surface area (Å²) in [5, 5.41) is 4.79. The van der Waals surface area contributed by atoms with E-state index in [1.807, 2.05) is 6.07 Å². The summed E-state index contributed by atoms with van der Waals surface area (Å²) in [5.41, 5.74) is 3.94. The van der Waals surface area contributed by atoms with Crippen molar-refractivity contribution in [3.05, 3.63) is 29.5 Å². The van der Waals surface area contributed by atoms with Crippen molar-refractivity contribution in [2.45, 2.75) is 33.2 Å². The number of nitrogens with one attached hydrogen (secondary N) is 1. The zero-order chi connectivity index (χ0) is 14.0. The van der Waals surface area contributed by atoms with Crippen molar-refractivity contribution in [2.24, 2.45) is 7.05 Å². The number of para-hydroxylation sites is 1. The predicted molar refractivity (Wildman–Crippen MR) is 81.1 cm³/mol. The Morgan fingerprint density at radius 1 is 1.32 bits per heavy atom. The Morgan fingerprint density at radius 2 is 2.05 bits per heavy atom. The van der Waals surface area contributed by atoms with Crippen LogP contribution in [0, 0.1) is 6.92 Å². The molecule has 0 atom stereocenters. The van der Waals surface area contributed by atoms with Crippen LogP contribution in [-0.4, -0.2) is 24.3 Å². The Labute approximate surface area is 115 Å². The molecule has 3 heteroatoms. The van der Waals surface area contributed by atoms with Crippen LogP contribution < -0.4 is 10.1 Å². The lowest BCUT2D eigenvalue weighted by molar-refractivity contribution is 0.418. The molecular formula is C16H24N2O. The molecular weight excluding hydrogens is 236 g/mol. The fourth-order valence-electron chi connectivity index (χ4n) is 2.64. The highest BCUT2D eigenvalue weighted by molar-refractivity contribution is 5.90. The molecule has 3 nitrogen and oxygen atoms in total. The second-order valence-electron chi connectivity index (χ2n) is 5.34. The number of nitrogens with zero attached hydrogens (tertiary/aromatic N) is 1. The van der Waals surface area contributed by atoms with Gasteiger partial charge in [0, 0.05) is 24.2 Å². The van der Waals surface area contributed by atoms with E-state index in [0.717, 1.165) is 18.7 Å². The zero-order valence-corrected chi connectivity index (χ0v) is 12.6. The van der Waals surface area contributed by atoms with Crippen LogP contribution in [0.1, 0.15) is 25.1 Å². The van der Waals surface area contributed by atoms with Gasteiger partial charge in [-0.2, -0.15) is 0 Å². The molecule has 0 saturated carbocycles. The van der Waals surface area contributed by atoms with Gasteiger partial charge in [0.1, 0.15) is 5.75 Å². The van der Waals surface area contributed by atoms with Gasteiger partial charge in [-0.15, -0.1) is 0 Å². The molecule has 1 aromatic carbocycles. The molecule has 1 N–H and O–H groups in total. The number of hydrogen-bond acceptors (Lipinski definition) is 2.